The lowest BCUT2D eigenvalue weighted by Crippen LogP contribution is -2.44. The van der Waals surface area contributed by atoms with Crippen molar-refractivity contribution in [2.75, 3.05) is 5.32 Å². The van der Waals surface area contributed by atoms with Gasteiger partial charge in [-0.05, 0) is 60.9 Å². The van der Waals surface area contributed by atoms with E-state index in [-0.39, 0.29) is 29.3 Å². The van der Waals surface area contributed by atoms with E-state index in [2.05, 4.69) is 31.1 Å². The van der Waals surface area contributed by atoms with Crippen molar-refractivity contribution in [2.24, 2.45) is 11.1 Å². The number of anilines is 1. The number of aromatic nitrogens is 1. The number of benzene rings is 1. The molecule has 1 heterocycles. The van der Waals surface area contributed by atoms with Gasteiger partial charge in [0.15, 0.2) is 0 Å². The van der Waals surface area contributed by atoms with Crippen molar-refractivity contribution in [1.82, 2.24) is 9.88 Å². The molecular weight excluding hydrogens is 388 g/mol. The highest BCUT2D eigenvalue weighted by atomic mass is 16.2. The second kappa shape index (κ2) is 10.1. The highest BCUT2D eigenvalue weighted by molar-refractivity contribution is 6.04. The number of nitrogens with one attached hydrogen (secondary N) is 1. The lowest BCUT2D eigenvalue weighted by Gasteiger charge is -2.37. The van der Waals surface area contributed by atoms with E-state index in [9.17, 15) is 9.59 Å². The lowest BCUT2D eigenvalue weighted by molar-refractivity contribution is -0.137. The highest BCUT2D eigenvalue weighted by Crippen LogP contribution is 2.28. The fraction of sp³-hybridized carbons (Fsp3) is 0.480. The summed E-state index contributed by atoms with van der Waals surface area (Å²) in [5.74, 6) is 0.0266. The molecule has 166 valence electrons. The van der Waals surface area contributed by atoms with Crippen LogP contribution in [0.4, 0.5) is 5.69 Å². The number of hydrogen-bond donors (Lipinski definition) is 2. The standard InChI is InChI=1S/C25H34N4O2/c1-25(2,3)16-23(30)29(22-10-6-20(26)7-11-22)17-18-4-8-21(9-5-18)28-24(31)19-12-14-27-15-13-19/h4-5,8-9,12-15,20,22H,6-7,10-11,16-17,26H2,1-3H3,(H,28,31). The summed E-state index contributed by atoms with van der Waals surface area (Å²) in [5, 5.41) is 2.90. The molecule has 2 amide bonds. The molecule has 1 aliphatic rings. The van der Waals surface area contributed by atoms with Gasteiger partial charge in [-0.25, -0.2) is 0 Å². The predicted octanol–water partition coefficient (Wildman–Crippen LogP) is 4.37. The molecule has 3 N–H and O–H groups in total. The van der Waals surface area contributed by atoms with Gasteiger partial charge < -0.3 is 16.0 Å². The lowest BCUT2D eigenvalue weighted by atomic mass is 9.88. The molecule has 1 saturated carbocycles. The minimum Gasteiger partial charge on any atom is -0.335 e. The van der Waals surface area contributed by atoms with Crippen molar-refractivity contribution in [1.29, 1.82) is 0 Å². The zero-order valence-corrected chi connectivity index (χ0v) is 18.8. The van der Waals surface area contributed by atoms with E-state index < -0.39 is 0 Å². The van der Waals surface area contributed by atoms with E-state index >= 15 is 0 Å². The highest BCUT2D eigenvalue weighted by Gasteiger charge is 2.30. The molecule has 1 aliphatic carbocycles. The van der Waals surface area contributed by atoms with Gasteiger partial charge in [-0.3, -0.25) is 14.6 Å². The molecule has 0 saturated heterocycles. The summed E-state index contributed by atoms with van der Waals surface area (Å²) in [6.45, 7) is 6.87. The molecule has 0 atom stereocenters. The number of pyridine rings is 1. The van der Waals surface area contributed by atoms with Crippen molar-refractivity contribution in [3.63, 3.8) is 0 Å². The normalized spacial score (nSPS) is 19.0. The van der Waals surface area contributed by atoms with Crippen molar-refractivity contribution in [2.45, 2.75) is 71.5 Å². The number of carbonyl (C=O) groups is 2. The van der Waals surface area contributed by atoms with Gasteiger partial charge in [0.2, 0.25) is 5.91 Å². The molecule has 0 spiro atoms. The molecule has 31 heavy (non-hydrogen) atoms. The van der Waals surface area contributed by atoms with Gasteiger partial charge in [0.1, 0.15) is 0 Å². The summed E-state index contributed by atoms with van der Waals surface area (Å²) in [4.78, 5) is 31.5. The van der Waals surface area contributed by atoms with E-state index in [0.29, 0.717) is 18.5 Å². The Morgan fingerprint density at radius 2 is 1.65 bits per heavy atom. The van der Waals surface area contributed by atoms with Crippen LogP contribution < -0.4 is 11.1 Å². The maximum atomic E-state index is 13.1. The SMILES string of the molecule is CC(C)(C)CC(=O)N(Cc1ccc(NC(=O)c2ccncc2)cc1)C1CCC(N)CC1. The Bertz CT molecular complexity index is 867. The van der Waals surface area contributed by atoms with Crippen LogP contribution in [-0.2, 0) is 11.3 Å². The third-order valence-corrected chi connectivity index (χ3v) is 5.69. The van der Waals surface area contributed by atoms with Crippen LogP contribution >= 0.6 is 0 Å². The van der Waals surface area contributed by atoms with Crippen LogP contribution in [0.2, 0.25) is 0 Å². The summed E-state index contributed by atoms with van der Waals surface area (Å²) in [6, 6.07) is 11.6. The summed E-state index contributed by atoms with van der Waals surface area (Å²) in [7, 11) is 0. The fourth-order valence-electron chi connectivity index (χ4n) is 3.99. The fourth-order valence-corrected chi connectivity index (χ4v) is 3.99. The maximum Gasteiger partial charge on any atom is 0.255 e. The molecule has 1 aromatic carbocycles. The summed E-state index contributed by atoms with van der Waals surface area (Å²) in [5.41, 5.74) is 8.37. The molecular formula is C25H34N4O2. The molecule has 6 nitrogen and oxygen atoms in total. The zero-order chi connectivity index (χ0) is 22.4. The molecule has 0 bridgehead atoms. The van der Waals surface area contributed by atoms with Crippen LogP contribution in [0.25, 0.3) is 0 Å². The summed E-state index contributed by atoms with van der Waals surface area (Å²) < 4.78 is 0. The maximum absolute atomic E-state index is 13.1. The number of nitrogens with zero attached hydrogens (tertiary/aromatic N) is 2. The van der Waals surface area contributed by atoms with Gasteiger partial charge in [-0.1, -0.05) is 32.9 Å². The second-order valence-corrected chi connectivity index (χ2v) is 9.71. The monoisotopic (exact) mass is 422 g/mol. The quantitative estimate of drug-likeness (QED) is 0.724. The van der Waals surface area contributed by atoms with E-state index in [4.69, 9.17) is 5.73 Å². The molecule has 2 aromatic rings. The van der Waals surface area contributed by atoms with Crippen LogP contribution in [0.5, 0.6) is 0 Å². The first-order valence-corrected chi connectivity index (χ1v) is 11.1. The van der Waals surface area contributed by atoms with Gasteiger partial charge in [0.05, 0.1) is 0 Å². The zero-order valence-electron chi connectivity index (χ0n) is 18.8. The van der Waals surface area contributed by atoms with E-state index in [1.54, 1.807) is 24.5 Å². The van der Waals surface area contributed by atoms with Gasteiger partial charge in [-0.2, -0.15) is 0 Å². The Morgan fingerprint density at radius 1 is 1.03 bits per heavy atom. The van der Waals surface area contributed by atoms with Crippen molar-refractivity contribution in [3.8, 4) is 0 Å². The van der Waals surface area contributed by atoms with Gasteiger partial charge in [-0.15, -0.1) is 0 Å². The molecule has 1 aromatic heterocycles. The first-order valence-electron chi connectivity index (χ1n) is 11.1. The number of carbonyl (C=O) groups excluding carboxylic acids is 2. The smallest absolute Gasteiger partial charge is 0.255 e. The van der Waals surface area contributed by atoms with Crippen LogP contribution in [0.15, 0.2) is 48.8 Å². The third-order valence-electron chi connectivity index (χ3n) is 5.69. The van der Waals surface area contributed by atoms with Crippen LogP contribution in [0.3, 0.4) is 0 Å². The van der Waals surface area contributed by atoms with Gasteiger partial charge in [0, 0.05) is 48.7 Å². The van der Waals surface area contributed by atoms with E-state index in [0.717, 1.165) is 36.9 Å². The topological polar surface area (TPSA) is 88.3 Å². The van der Waals surface area contributed by atoms with Crippen molar-refractivity contribution >= 4 is 17.5 Å². The van der Waals surface area contributed by atoms with Crippen LogP contribution in [-0.4, -0.2) is 33.8 Å². The largest absolute Gasteiger partial charge is 0.335 e. The predicted molar refractivity (Wildman–Crippen MR) is 123 cm³/mol. The van der Waals surface area contributed by atoms with Gasteiger partial charge >= 0.3 is 0 Å². The molecule has 0 unspecified atom stereocenters. The third kappa shape index (κ3) is 6.89. The van der Waals surface area contributed by atoms with E-state index in [1.807, 2.05) is 29.2 Å². The average Bonchev–Trinajstić information content (AvgIpc) is 2.73. The van der Waals surface area contributed by atoms with Gasteiger partial charge in [0.25, 0.3) is 5.91 Å². The average molecular weight is 423 g/mol. The second-order valence-electron chi connectivity index (χ2n) is 9.71. The Morgan fingerprint density at radius 3 is 2.23 bits per heavy atom. The summed E-state index contributed by atoms with van der Waals surface area (Å²) >= 11 is 0. The molecule has 0 radical (unpaired) electrons. The summed E-state index contributed by atoms with van der Waals surface area (Å²) in [6.07, 6.45) is 7.55. The Kier molecular flexibility index (Phi) is 7.44. The van der Waals surface area contributed by atoms with Crippen LogP contribution in [0, 0.1) is 5.41 Å². The first-order chi connectivity index (χ1) is 14.7. The Balaban J connectivity index is 1.68. The van der Waals surface area contributed by atoms with E-state index in [1.165, 1.54) is 0 Å². The Hall–Kier alpha value is -2.73. The first kappa shape index (κ1) is 22.9. The Labute approximate surface area is 185 Å². The van der Waals surface area contributed by atoms with Crippen molar-refractivity contribution in [3.05, 3.63) is 59.9 Å². The molecule has 3 rings (SSSR count). The number of rotatable bonds is 6. The minimum atomic E-state index is -0.171. The number of amides is 2. The molecule has 0 aliphatic heterocycles. The number of nitrogens with two attached hydrogens (primary N) is 1. The minimum absolute atomic E-state index is 0.0541. The molecule has 6 heteroatoms. The molecule has 1 fully saturated rings. The number of hydrogen-bond acceptors (Lipinski definition) is 4. The van der Waals surface area contributed by atoms with Crippen molar-refractivity contribution < 1.29 is 9.59 Å². The van der Waals surface area contributed by atoms with Crippen LogP contribution in [0.1, 0.15) is 68.8 Å².